The first-order valence-electron chi connectivity index (χ1n) is 2.88. The second-order valence-electron chi connectivity index (χ2n) is 1.90. The highest BCUT2D eigenvalue weighted by molar-refractivity contribution is 9.10. The number of hydrogen-bond acceptors (Lipinski definition) is 1. The average Bonchev–Trinajstić information content (AvgIpc) is 1.88. The zero-order valence-corrected chi connectivity index (χ0v) is 8.08. The molecule has 1 nitrogen and oxygen atoms in total. The molecule has 0 aromatic heterocycles. The second kappa shape index (κ2) is 4.70. The van der Waals surface area contributed by atoms with Crippen LogP contribution in [-0.4, -0.2) is 0 Å². The van der Waals surface area contributed by atoms with Gasteiger partial charge < -0.3 is 5.73 Å². The van der Waals surface area contributed by atoms with E-state index >= 15 is 0 Å². The SMILES string of the molecule is Cl.NCc1c(F)cccc1Br. The Morgan fingerprint density at radius 3 is 2.45 bits per heavy atom. The molecule has 2 N–H and O–H groups in total. The van der Waals surface area contributed by atoms with Crippen LogP contribution in [0.1, 0.15) is 5.56 Å². The molecule has 0 bridgehead atoms. The van der Waals surface area contributed by atoms with Gasteiger partial charge >= 0.3 is 0 Å². The van der Waals surface area contributed by atoms with Crippen molar-refractivity contribution in [2.24, 2.45) is 5.73 Å². The van der Waals surface area contributed by atoms with Gasteiger partial charge in [-0.2, -0.15) is 0 Å². The van der Waals surface area contributed by atoms with Gasteiger partial charge in [-0.05, 0) is 12.1 Å². The highest BCUT2D eigenvalue weighted by Gasteiger charge is 2.01. The Morgan fingerprint density at radius 1 is 1.45 bits per heavy atom. The lowest BCUT2D eigenvalue weighted by molar-refractivity contribution is 0.609. The molecule has 0 fully saturated rings. The van der Waals surface area contributed by atoms with E-state index in [1.165, 1.54) is 6.07 Å². The minimum absolute atomic E-state index is 0. The molecule has 0 saturated heterocycles. The number of rotatable bonds is 1. The minimum atomic E-state index is -0.253. The lowest BCUT2D eigenvalue weighted by Gasteiger charge is -2.00. The fourth-order valence-corrected chi connectivity index (χ4v) is 1.23. The summed E-state index contributed by atoms with van der Waals surface area (Å²) in [6, 6.07) is 4.80. The van der Waals surface area contributed by atoms with Crippen molar-refractivity contribution < 1.29 is 4.39 Å². The van der Waals surface area contributed by atoms with E-state index < -0.39 is 0 Å². The summed E-state index contributed by atoms with van der Waals surface area (Å²) in [7, 11) is 0. The summed E-state index contributed by atoms with van der Waals surface area (Å²) in [6.07, 6.45) is 0. The van der Waals surface area contributed by atoms with Crippen LogP contribution in [0.2, 0.25) is 0 Å². The largest absolute Gasteiger partial charge is 0.326 e. The van der Waals surface area contributed by atoms with E-state index in [-0.39, 0.29) is 24.8 Å². The van der Waals surface area contributed by atoms with Crippen molar-refractivity contribution in [1.82, 2.24) is 0 Å². The zero-order chi connectivity index (χ0) is 7.56. The van der Waals surface area contributed by atoms with E-state index in [9.17, 15) is 4.39 Å². The number of hydrogen-bond donors (Lipinski definition) is 1. The Kier molecular flexibility index (Phi) is 4.65. The highest BCUT2D eigenvalue weighted by atomic mass is 79.9. The third-order valence-electron chi connectivity index (χ3n) is 1.27. The van der Waals surface area contributed by atoms with Crippen molar-refractivity contribution >= 4 is 28.3 Å². The zero-order valence-electron chi connectivity index (χ0n) is 5.68. The molecule has 0 aliphatic carbocycles. The van der Waals surface area contributed by atoms with Gasteiger partial charge in [0.05, 0.1) is 0 Å². The molecule has 0 aliphatic heterocycles. The summed E-state index contributed by atoms with van der Waals surface area (Å²) in [4.78, 5) is 0. The molecule has 62 valence electrons. The number of nitrogens with two attached hydrogens (primary N) is 1. The van der Waals surface area contributed by atoms with E-state index in [4.69, 9.17) is 5.73 Å². The average molecular weight is 241 g/mol. The standard InChI is InChI=1S/C7H7BrFN.ClH/c8-6-2-1-3-7(9)5(6)4-10;/h1-3H,4,10H2;1H. The molecular formula is C7H8BrClFN. The van der Waals surface area contributed by atoms with Crippen LogP contribution >= 0.6 is 28.3 Å². The maximum absolute atomic E-state index is 12.7. The lowest BCUT2D eigenvalue weighted by Crippen LogP contribution is -2.00. The van der Waals surface area contributed by atoms with Crippen molar-refractivity contribution in [2.45, 2.75) is 6.54 Å². The fourth-order valence-electron chi connectivity index (χ4n) is 0.727. The van der Waals surface area contributed by atoms with Gasteiger partial charge in [0.25, 0.3) is 0 Å². The third kappa shape index (κ3) is 2.43. The van der Waals surface area contributed by atoms with Crippen molar-refractivity contribution in [2.75, 3.05) is 0 Å². The van der Waals surface area contributed by atoms with Gasteiger partial charge in [0.1, 0.15) is 5.82 Å². The summed E-state index contributed by atoms with van der Waals surface area (Å²) >= 11 is 3.19. The van der Waals surface area contributed by atoms with E-state index in [1.807, 2.05) is 0 Å². The van der Waals surface area contributed by atoms with Crippen LogP contribution in [0.3, 0.4) is 0 Å². The smallest absolute Gasteiger partial charge is 0.128 e. The normalized spacial score (nSPS) is 9.00. The number of benzene rings is 1. The molecule has 11 heavy (non-hydrogen) atoms. The Bertz CT molecular complexity index is 222. The first kappa shape index (κ1) is 10.9. The first-order chi connectivity index (χ1) is 4.75. The molecule has 4 heteroatoms. The van der Waals surface area contributed by atoms with E-state index in [0.29, 0.717) is 5.56 Å². The van der Waals surface area contributed by atoms with Gasteiger partial charge in [-0.1, -0.05) is 22.0 Å². The summed E-state index contributed by atoms with van der Waals surface area (Å²) in [6.45, 7) is 0.229. The molecule has 0 amide bonds. The van der Waals surface area contributed by atoms with Crippen molar-refractivity contribution in [3.05, 3.63) is 34.1 Å². The van der Waals surface area contributed by atoms with Crippen molar-refractivity contribution in [3.63, 3.8) is 0 Å². The first-order valence-corrected chi connectivity index (χ1v) is 3.68. The molecule has 0 atom stereocenters. The second-order valence-corrected chi connectivity index (χ2v) is 2.76. The van der Waals surface area contributed by atoms with Crippen LogP contribution in [0.4, 0.5) is 4.39 Å². The summed E-state index contributed by atoms with van der Waals surface area (Å²) < 4.78 is 13.5. The van der Waals surface area contributed by atoms with Crippen LogP contribution in [0.15, 0.2) is 22.7 Å². The van der Waals surface area contributed by atoms with Crippen LogP contribution in [0.5, 0.6) is 0 Å². The monoisotopic (exact) mass is 239 g/mol. The van der Waals surface area contributed by atoms with Gasteiger partial charge in [0.2, 0.25) is 0 Å². The predicted octanol–water partition coefficient (Wildman–Crippen LogP) is 2.47. The van der Waals surface area contributed by atoms with Gasteiger partial charge in [0, 0.05) is 16.6 Å². The summed E-state index contributed by atoms with van der Waals surface area (Å²) in [5.74, 6) is -0.253. The Morgan fingerprint density at radius 2 is 2.09 bits per heavy atom. The van der Waals surface area contributed by atoms with E-state index in [1.54, 1.807) is 12.1 Å². The molecule has 1 aromatic carbocycles. The maximum atomic E-state index is 12.7. The van der Waals surface area contributed by atoms with Crippen molar-refractivity contribution in [1.29, 1.82) is 0 Å². The van der Waals surface area contributed by atoms with Crippen LogP contribution in [0.25, 0.3) is 0 Å². The Labute approximate surface area is 79.3 Å². The minimum Gasteiger partial charge on any atom is -0.326 e. The Hall–Kier alpha value is -0.120. The van der Waals surface area contributed by atoms with E-state index in [2.05, 4.69) is 15.9 Å². The van der Waals surface area contributed by atoms with Crippen LogP contribution in [0, 0.1) is 5.82 Å². The third-order valence-corrected chi connectivity index (χ3v) is 2.01. The molecule has 1 rings (SSSR count). The molecule has 0 heterocycles. The molecule has 0 aliphatic rings. The van der Waals surface area contributed by atoms with Crippen LogP contribution in [-0.2, 0) is 6.54 Å². The molecule has 0 spiro atoms. The van der Waals surface area contributed by atoms with Gasteiger partial charge in [-0.25, -0.2) is 4.39 Å². The lowest BCUT2D eigenvalue weighted by atomic mass is 10.2. The van der Waals surface area contributed by atoms with E-state index in [0.717, 1.165) is 4.47 Å². The molecular weight excluding hydrogens is 232 g/mol. The fraction of sp³-hybridized carbons (Fsp3) is 0.143. The highest BCUT2D eigenvalue weighted by Crippen LogP contribution is 2.18. The molecule has 1 aromatic rings. The number of halogens is 3. The molecule has 0 radical (unpaired) electrons. The van der Waals surface area contributed by atoms with Gasteiger partial charge in [0.15, 0.2) is 0 Å². The topological polar surface area (TPSA) is 26.0 Å². The Balaban J connectivity index is 0.000001000. The summed E-state index contributed by atoms with van der Waals surface area (Å²) in [5.41, 5.74) is 5.81. The van der Waals surface area contributed by atoms with Gasteiger partial charge in [-0.3, -0.25) is 0 Å². The quantitative estimate of drug-likeness (QED) is 0.802. The maximum Gasteiger partial charge on any atom is 0.128 e. The van der Waals surface area contributed by atoms with Gasteiger partial charge in [-0.15, -0.1) is 12.4 Å². The molecule has 0 saturated carbocycles. The van der Waals surface area contributed by atoms with Crippen molar-refractivity contribution in [3.8, 4) is 0 Å². The molecule has 0 unspecified atom stereocenters. The predicted molar refractivity (Wildman–Crippen MR) is 49.2 cm³/mol. The van der Waals surface area contributed by atoms with Crippen LogP contribution < -0.4 is 5.73 Å². The summed E-state index contributed by atoms with van der Waals surface area (Å²) in [5, 5.41) is 0.